The number of nitrogens with zero attached hydrogens (tertiary/aromatic N) is 5. The van der Waals surface area contributed by atoms with Crippen LogP contribution >= 0.6 is 22.7 Å². The fourth-order valence-electron chi connectivity index (χ4n) is 7.46. The predicted molar refractivity (Wildman–Crippen MR) is 232 cm³/mol. The first-order valence-electron chi connectivity index (χ1n) is 18.1. The molecule has 0 spiro atoms. The summed E-state index contributed by atoms with van der Waals surface area (Å²) in [4.78, 5) is 21.8. The molecule has 7 aromatic carbocycles. The summed E-state index contributed by atoms with van der Waals surface area (Å²) in [5.74, 6) is 0. The Labute approximate surface area is 324 Å². The van der Waals surface area contributed by atoms with E-state index < -0.39 is 0 Å². The molecule has 258 valence electrons. The predicted octanol–water partition coefficient (Wildman–Crippen LogP) is 13.6. The number of benzene rings is 7. The van der Waals surface area contributed by atoms with E-state index in [1.807, 2.05) is 48.8 Å². The van der Waals surface area contributed by atoms with Crippen LogP contribution in [-0.4, -0.2) is 19.9 Å². The molecule has 4 heterocycles. The first-order valence-corrected chi connectivity index (χ1v) is 19.7. The molecular formula is C48H29N5S2. The van der Waals surface area contributed by atoms with Gasteiger partial charge in [0.1, 0.15) is 10.0 Å². The molecule has 0 fully saturated rings. The Morgan fingerprint density at radius 3 is 1.47 bits per heavy atom. The summed E-state index contributed by atoms with van der Waals surface area (Å²) in [5, 5.41) is 9.21. The largest absolute Gasteiger partial charge is 0.307 e. The number of rotatable bonds is 6. The molecule has 55 heavy (non-hydrogen) atoms. The monoisotopic (exact) mass is 739 g/mol. The molecular weight excluding hydrogens is 711 g/mol. The van der Waals surface area contributed by atoms with E-state index in [-0.39, 0.29) is 0 Å². The van der Waals surface area contributed by atoms with Gasteiger partial charge in [-0.2, -0.15) is 0 Å². The van der Waals surface area contributed by atoms with Crippen LogP contribution in [0.2, 0.25) is 0 Å². The van der Waals surface area contributed by atoms with E-state index in [2.05, 4.69) is 132 Å². The van der Waals surface area contributed by atoms with Crippen LogP contribution in [-0.2, 0) is 0 Å². The average Bonchev–Trinajstić information content (AvgIpc) is 3.88. The molecule has 0 saturated carbocycles. The van der Waals surface area contributed by atoms with Crippen LogP contribution in [0, 0.1) is 0 Å². The van der Waals surface area contributed by atoms with Crippen LogP contribution in [0.3, 0.4) is 0 Å². The van der Waals surface area contributed by atoms with Crippen molar-refractivity contribution in [3.8, 4) is 32.3 Å². The zero-order valence-electron chi connectivity index (χ0n) is 29.3. The van der Waals surface area contributed by atoms with Gasteiger partial charge in [-0.15, -0.1) is 22.7 Å². The highest BCUT2D eigenvalue weighted by Gasteiger charge is 2.19. The Kier molecular flexibility index (Phi) is 7.46. The number of fused-ring (bicyclic) bond motifs is 6. The molecule has 0 radical (unpaired) electrons. The van der Waals surface area contributed by atoms with Gasteiger partial charge in [-0.25, -0.2) is 19.9 Å². The standard InChI is InChI=1S/C48H29N5S2/c1-3-10-31(11-4-1)47-51-45-43(54-47)26-39(28-49-45)53(40-27-44-46(50-29-40)52-48(55-44)32-12-5-2-6-13-32)38-20-22-42-37(25-38)18-17-36-24-35(19-21-41(36)42)34-16-15-30-9-7-8-14-33(30)23-34/h1-29H. The lowest BCUT2D eigenvalue weighted by Crippen LogP contribution is -2.10. The Morgan fingerprint density at radius 2 is 0.855 bits per heavy atom. The van der Waals surface area contributed by atoms with Crippen molar-refractivity contribution in [2.75, 3.05) is 4.90 Å². The highest BCUT2D eigenvalue weighted by atomic mass is 32.1. The number of hydrogen-bond donors (Lipinski definition) is 0. The van der Waals surface area contributed by atoms with Crippen LogP contribution in [0.5, 0.6) is 0 Å². The second-order valence-corrected chi connectivity index (χ2v) is 15.7. The topological polar surface area (TPSA) is 54.8 Å². The van der Waals surface area contributed by atoms with Crippen molar-refractivity contribution in [3.05, 3.63) is 176 Å². The average molecular weight is 740 g/mol. The van der Waals surface area contributed by atoms with Gasteiger partial charge >= 0.3 is 0 Å². The van der Waals surface area contributed by atoms with Gasteiger partial charge < -0.3 is 4.90 Å². The van der Waals surface area contributed by atoms with Crippen LogP contribution in [0.25, 0.3) is 85.3 Å². The number of pyridine rings is 2. The first kappa shape index (κ1) is 31.7. The number of aromatic nitrogens is 4. The summed E-state index contributed by atoms with van der Waals surface area (Å²) in [6.45, 7) is 0. The maximum Gasteiger partial charge on any atom is 0.171 e. The first-order chi connectivity index (χ1) is 27.2. The molecule has 0 saturated heterocycles. The highest BCUT2D eigenvalue weighted by molar-refractivity contribution is 7.22. The lowest BCUT2D eigenvalue weighted by atomic mass is 9.96. The Balaban J connectivity index is 1.03. The van der Waals surface area contributed by atoms with Crippen molar-refractivity contribution in [3.63, 3.8) is 0 Å². The lowest BCUT2D eigenvalue weighted by molar-refractivity contribution is 1.22. The van der Waals surface area contributed by atoms with Crippen molar-refractivity contribution < 1.29 is 0 Å². The molecule has 0 bridgehead atoms. The van der Waals surface area contributed by atoms with Gasteiger partial charge in [0.05, 0.1) is 33.2 Å². The van der Waals surface area contributed by atoms with Crippen molar-refractivity contribution in [2.24, 2.45) is 0 Å². The Hall–Kier alpha value is -6.80. The molecule has 0 atom stereocenters. The molecule has 4 aromatic heterocycles. The lowest BCUT2D eigenvalue weighted by Gasteiger charge is -2.25. The SMILES string of the molecule is c1ccc(-c2nc3ncc(N(c4ccc5c(ccc6cc(-c7ccc8ccccc8c7)ccc65)c4)c4cnc5nc(-c6ccccc6)sc5c4)cc3s2)cc1. The molecule has 0 aliphatic heterocycles. The normalized spacial score (nSPS) is 11.6. The van der Waals surface area contributed by atoms with E-state index in [9.17, 15) is 0 Å². The summed E-state index contributed by atoms with van der Waals surface area (Å²) in [6, 6.07) is 58.2. The minimum atomic E-state index is 0.740. The van der Waals surface area contributed by atoms with Crippen LogP contribution in [0.1, 0.15) is 0 Å². The second kappa shape index (κ2) is 13.0. The molecule has 11 rings (SSSR count). The van der Waals surface area contributed by atoms with Crippen molar-refractivity contribution in [1.29, 1.82) is 0 Å². The molecule has 5 nitrogen and oxygen atoms in total. The Bertz CT molecular complexity index is 3110. The van der Waals surface area contributed by atoms with Gasteiger partial charge in [0, 0.05) is 16.8 Å². The molecule has 0 N–H and O–H groups in total. The number of hydrogen-bond acceptors (Lipinski definition) is 7. The summed E-state index contributed by atoms with van der Waals surface area (Å²) in [6.07, 6.45) is 3.84. The third-order valence-electron chi connectivity index (χ3n) is 10.2. The summed E-state index contributed by atoms with van der Waals surface area (Å²) < 4.78 is 2.04. The van der Waals surface area contributed by atoms with Crippen molar-refractivity contribution in [1.82, 2.24) is 19.9 Å². The molecule has 0 amide bonds. The van der Waals surface area contributed by atoms with E-state index in [1.165, 1.54) is 38.1 Å². The summed E-state index contributed by atoms with van der Waals surface area (Å²) in [5.41, 5.74) is 8.97. The van der Waals surface area contributed by atoms with Gasteiger partial charge in [0.25, 0.3) is 0 Å². The summed E-state index contributed by atoms with van der Waals surface area (Å²) in [7, 11) is 0. The maximum atomic E-state index is 4.89. The van der Waals surface area contributed by atoms with Gasteiger partial charge in [0.15, 0.2) is 11.3 Å². The molecule has 11 aromatic rings. The third kappa shape index (κ3) is 5.69. The zero-order chi connectivity index (χ0) is 36.3. The van der Waals surface area contributed by atoms with E-state index in [0.717, 1.165) is 64.3 Å². The quantitative estimate of drug-likeness (QED) is 0.159. The Morgan fingerprint density at radius 1 is 0.364 bits per heavy atom. The fourth-order valence-corrected chi connectivity index (χ4v) is 9.39. The van der Waals surface area contributed by atoms with Gasteiger partial charge in [-0.3, -0.25) is 0 Å². The third-order valence-corrected chi connectivity index (χ3v) is 12.3. The second-order valence-electron chi connectivity index (χ2n) is 13.6. The maximum absolute atomic E-state index is 4.89. The van der Waals surface area contributed by atoms with E-state index in [1.54, 1.807) is 22.7 Å². The van der Waals surface area contributed by atoms with Crippen molar-refractivity contribution >= 4 is 92.7 Å². The number of anilines is 3. The van der Waals surface area contributed by atoms with Crippen LogP contribution in [0.15, 0.2) is 176 Å². The van der Waals surface area contributed by atoms with E-state index in [4.69, 9.17) is 19.9 Å². The fraction of sp³-hybridized carbons (Fsp3) is 0. The zero-order valence-corrected chi connectivity index (χ0v) is 30.9. The molecule has 7 heteroatoms. The van der Waals surface area contributed by atoms with Gasteiger partial charge in [0.2, 0.25) is 0 Å². The minimum Gasteiger partial charge on any atom is -0.307 e. The van der Waals surface area contributed by atoms with Gasteiger partial charge in [-0.05, 0) is 79.8 Å². The minimum absolute atomic E-state index is 0.740. The van der Waals surface area contributed by atoms with Crippen LogP contribution in [0.4, 0.5) is 17.1 Å². The number of thiazole rings is 2. The summed E-state index contributed by atoms with van der Waals surface area (Å²) >= 11 is 3.31. The molecule has 0 aliphatic rings. The van der Waals surface area contributed by atoms with Gasteiger partial charge in [-0.1, -0.05) is 127 Å². The van der Waals surface area contributed by atoms with E-state index >= 15 is 0 Å². The van der Waals surface area contributed by atoms with Crippen molar-refractivity contribution in [2.45, 2.75) is 0 Å². The highest BCUT2D eigenvalue weighted by Crippen LogP contribution is 2.41. The molecule has 0 aliphatic carbocycles. The molecule has 0 unspecified atom stereocenters. The smallest absolute Gasteiger partial charge is 0.171 e. The van der Waals surface area contributed by atoms with Crippen LogP contribution < -0.4 is 4.90 Å². The van der Waals surface area contributed by atoms with E-state index in [0.29, 0.717) is 0 Å².